The van der Waals surface area contributed by atoms with Crippen LogP contribution in [0.1, 0.15) is 31.4 Å². The molecule has 21 heavy (non-hydrogen) atoms. The van der Waals surface area contributed by atoms with Crippen molar-refractivity contribution in [1.82, 2.24) is 15.1 Å². The monoisotopic (exact) mass is 302 g/mol. The first kappa shape index (κ1) is 14.4. The van der Waals surface area contributed by atoms with Crippen LogP contribution in [-0.2, 0) is 17.5 Å². The molecule has 3 N–H and O–H groups in total. The highest BCUT2D eigenvalue weighted by atomic mass is 19.4. The number of carbonyl (C=O) groups excluding carboxylic acids is 1. The van der Waals surface area contributed by atoms with Crippen LogP contribution in [0, 0.1) is 5.41 Å². The van der Waals surface area contributed by atoms with Crippen molar-refractivity contribution in [3.8, 4) is 0 Å². The van der Waals surface area contributed by atoms with Gasteiger partial charge in [0.2, 0.25) is 5.91 Å². The molecule has 1 aromatic rings. The second-order valence-corrected chi connectivity index (χ2v) is 5.95. The smallest absolute Gasteiger partial charge is 0.351 e. The Labute approximate surface area is 119 Å². The standard InChI is InChI=1S/C13H17F3N4O/c14-13(15,16)9-2-5-20(19-9)7-11(21)18-10-6-8(17)12(10)3-1-4-12/h2,5,8,10H,1,3-4,6-7,17H2,(H,18,21). The summed E-state index contributed by atoms with van der Waals surface area (Å²) in [7, 11) is 0. The summed E-state index contributed by atoms with van der Waals surface area (Å²) in [5.41, 5.74) is 5.03. The Morgan fingerprint density at radius 3 is 2.71 bits per heavy atom. The van der Waals surface area contributed by atoms with Crippen LogP contribution < -0.4 is 11.1 Å². The van der Waals surface area contributed by atoms with Crippen molar-refractivity contribution in [3.63, 3.8) is 0 Å². The van der Waals surface area contributed by atoms with E-state index in [4.69, 9.17) is 5.73 Å². The first-order chi connectivity index (χ1) is 9.81. The first-order valence-electron chi connectivity index (χ1n) is 6.97. The molecule has 0 radical (unpaired) electrons. The molecule has 8 heteroatoms. The highest BCUT2D eigenvalue weighted by molar-refractivity contribution is 5.76. The highest BCUT2D eigenvalue weighted by Crippen LogP contribution is 2.54. The minimum absolute atomic E-state index is 0.0247. The van der Waals surface area contributed by atoms with Crippen LogP contribution in [0.2, 0.25) is 0 Å². The SMILES string of the molecule is NC1CC(NC(=O)Cn2ccc(C(F)(F)F)n2)C12CCC2. The van der Waals surface area contributed by atoms with Gasteiger partial charge in [0.1, 0.15) is 6.54 Å². The molecule has 1 heterocycles. The van der Waals surface area contributed by atoms with Gasteiger partial charge in [-0.1, -0.05) is 6.42 Å². The first-order valence-corrected chi connectivity index (χ1v) is 6.97. The predicted molar refractivity (Wildman–Crippen MR) is 68.0 cm³/mol. The van der Waals surface area contributed by atoms with E-state index in [1.807, 2.05) is 0 Å². The van der Waals surface area contributed by atoms with Gasteiger partial charge < -0.3 is 11.1 Å². The molecule has 0 aromatic carbocycles. The number of halogens is 3. The van der Waals surface area contributed by atoms with Gasteiger partial charge in [-0.05, 0) is 25.3 Å². The number of hydrogen-bond acceptors (Lipinski definition) is 3. The number of aromatic nitrogens is 2. The number of nitrogens with one attached hydrogen (secondary N) is 1. The molecule has 2 atom stereocenters. The van der Waals surface area contributed by atoms with Crippen LogP contribution in [0.5, 0.6) is 0 Å². The lowest BCUT2D eigenvalue weighted by atomic mass is 9.50. The summed E-state index contributed by atoms with van der Waals surface area (Å²) in [4.78, 5) is 11.9. The normalized spacial score (nSPS) is 27.0. The minimum Gasteiger partial charge on any atom is -0.351 e. The maximum atomic E-state index is 12.4. The Hall–Kier alpha value is -1.57. The summed E-state index contributed by atoms with van der Waals surface area (Å²) in [5.74, 6) is -0.324. The van der Waals surface area contributed by atoms with Crippen molar-refractivity contribution >= 4 is 5.91 Å². The molecule has 116 valence electrons. The van der Waals surface area contributed by atoms with Crippen molar-refractivity contribution in [2.45, 2.75) is 50.5 Å². The average molecular weight is 302 g/mol. The average Bonchev–Trinajstić information content (AvgIpc) is 2.73. The van der Waals surface area contributed by atoms with E-state index in [2.05, 4.69) is 10.4 Å². The van der Waals surface area contributed by atoms with Crippen molar-refractivity contribution in [1.29, 1.82) is 0 Å². The summed E-state index contributed by atoms with van der Waals surface area (Å²) >= 11 is 0. The lowest BCUT2D eigenvalue weighted by Crippen LogP contribution is -2.70. The van der Waals surface area contributed by atoms with Crippen molar-refractivity contribution in [2.24, 2.45) is 11.1 Å². The van der Waals surface area contributed by atoms with Crippen molar-refractivity contribution < 1.29 is 18.0 Å². The van der Waals surface area contributed by atoms with Gasteiger partial charge in [-0.3, -0.25) is 9.48 Å². The molecule has 2 fully saturated rings. The number of amides is 1. The van der Waals surface area contributed by atoms with Crippen LogP contribution in [0.3, 0.4) is 0 Å². The molecule has 0 bridgehead atoms. The second kappa shape index (κ2) is 4.72. The summed E-state index contributed by atoms with van der Waals surface area (Å²) < 4.78 is 38.3. The van der Waals surface area contributed by atoms with Crippen molar-refractivity contribution in [3.05, 3.63) is 18.0 Å². The fraction of sp³-hybridized carbons (Fsp3) is 0.692. The van der Waals surface area contributed by atoms with Crippen LogP contribution in [0.25, 0.3) is 0 Å². The molecule has 1 amide bonds. The zero-order valence-corrected chi connectivity index (χ0v) is 11.4. The summed E-state index contributed by atoms with van der Waals surface area (Å²) in [6.45, 7) is -0.210. The highest BCUT2D eigenvalue weighted by Gasteiger charge is 2.57. The number of hydrogen-bond donors (Lipinski definition) is 2. The van der Waals surface area contributed by atoms with E-state index in [-0.39, 0.29) is 30.0 Å². The number of carbonyl (C=O) groups is 1. The van der Waals surface area contributed by atoms with Crippen molar-refractivity contribution in [2.75, 3.05) is 0 Å². The predicted octanol–water partition coefficient (Wildman–Crippen LogP) is 1.29. The van der Waals surface area contributed by atoms with Crippen LogP contribution >= 0.6 is 0 Å². The molecule has 2 aliphatic rings. The summed E-state index contributed by atoms with van der Waals surface area (Å²) in [6.07, 6.45) is 0.553. The third-order valence-corrected chi connectivity index (χ3v) is 4.78. The Bertz CT molecular complexity index is 550. The zero-order chi connectivity index (χ0) is 15.3. The molecular formula is C13H17F3N4O. The van der Waals surface area contributed by atoms with E-state index >= 15 is 0 Å². The van der Waals surface area contributed by atoms with Gasteiger partial charge in [0.25, 0.3) is 0 Å². The zero-order valence-electron chi connectivity index (χ0n) is 11.4. The number of nitrogens with zero attached hydrogens (tertiary/aromatic N) is 2. The molecule has 2 aliphatic carbocycles. The lowest BCUT2D eigenvalue weighted by molar-refractivity contribution is -0.142. The van der Waals surface area contributed by atoms with E-state index in [1.165, 1.54) is 0 Å². The maximum absolute atomic E-state index is 12.4. The molecule has 0 aliphatic heterocycles. The van der Waals surface area contributed by atoms with Gasteiger partial charge in [-0.25, -0.2) is 0 Å². The number of rotatable bonds is 3. The number of alkyl halides is 3. The van der Waals surface area contributed by atoms with E-state index in [0.29, 0.717) is 0 Å². The van der Waals surface area contributed by atoms with Gasteiger partial charge in [0.05, 0.1) is 0 Å². The molecule has 5 nitrogen and oxygen atoms in total. The third kappa shape index (κ3) is 2.41. The molecule has 0 saturated heterocycles. The minimum atomic E-state index is -4.49. The molecule has 2 saturated carbocycles. The summed E-state index contributed by atoms with van der Waals surface area (Å²) in [6, 6.07) is 1.03. The van der Waals surface area contributed by atoms with E-state index in [0.717, 1.165) is 42.6 Å². The van der Waals surface area contributed by atoms with E-state index < -0.39 is 11.9 Å². The Balaban J connectivity index is 1.56. The quantitative estimate of drug-likeness (QED) is 0.883. The molecule has 3 rings (SSSR count). The van der Waals surface area contributed by atoms with Gasteiger partial charge in [0, 0.05) is 23.7 Å². The van der Waals surface area contributed by atoms with Crippen LogP contribution in [0.4, 0.5) is 13.2 Å². The lowest BCUT2D eigenvalue weighted by Gasteiger charge is -2.60. The molecule has 1 aromatic heterocycles. The third-order valence-electron chi connectivity index (χ3n) is 4.78. The fourth-order valence-corrected chi connectivity index (χ4v) is 3.32. The van der Waals surface area contributed by atoms with Crippen LogP contribution in [-0.4, -0.2) is 27.8 Å². The Kier molecular flexibility index (Phi) is 3.23. The second-order valence-electron chi connectivity index (χ2n) is 5.95. The Morgan fingerprint density at radius 1 is 1.52 bits per heavy atom. The van der Waals surface area contributed by atoms with Crippen LogP contribution in [0.15, 0.2) is 12.3 Å². The van der Waals surface area contributed by atoms with E-state index in [9.17, 15) is 18.0 Å². The molecular weight excluding hydrogens is 285 g/mol. The van der Waals surface area contributed by atoms with Gasteiger partial charge in [-0.15, -0.1) is 0 Å². The number of nitrogens with two attached hydrogens (primary N) is 1. The molecule has 1 spiro atoms. The van der Waals surface area contributed by atoms with Gasteiger partial charge in [0.15, 0.2) is 5.69 Å². The van der Waals surface area contributed by atoms with Gasteiger partial charge in [-0.2, -0.15) is 18.3 Å². The molecule has 2 unspecified atom stereocenters. The largest absolute Gasteiger partial charge is 0.435 e. The Morgan fingerprint density at radius 2 is 2.24 bits per heavy atom. The van der Waals surface area contributed by atoms with Gasteiger partial charge >= 0.3 is 6.18 Å². The maximum Gasteiger partial charge on any atom is 0.435 e. The van der Waals surface area contributed by atoms with E-state index in [1.54, 1.807) is 0 Å². The fourth-order valence-electron chi connectivity index (χ4n) is 3.32. The topological polar surface area (TPSA) is 72.9 Å². The summed E-state index contributed by atoms with van der Waals surface area (Å²) in [5, 5.41) is 6.24.